The number of carbonyl (C=O) groups excluding carboxylic acids is 2. The van der Waals surface area contributed by atoms with Crippen LogP contribution in [0.1, 0.15) is 88.9 Å². The molecule has 3 saturated carbocycles. The van der Waals surface area contributed by atoms with E-state index in [2.05, 4.69) is 31.9 Å². The molecule has 7 heteroatoms. The number of hydrogen-bond donors (Lipinski definition) is 1. The van der Waals surface area contributed by atoms with Crippen molar-refractivity contribution in [3.05, 3.63) is 29.6 Å². The first-order chi connectivity index (χ1) is 18.6. The summed E-state index contributed by atoms with van der Waals surface area (Å²) in [5.41, 5.74) is 2.76. The Morgan fingerprint density at radius 2 is 1.79 bits per heavy atom. The van der Waals surface area contributed by atoms with E-state index in [1.54, 1.807) is 22.6 Å². The number of fused-ring (bicyclic) bond motifs is 5. The molecule has 7 nitrogen and oxygen atoms in total. The van der Waals surface area contributed by atoms with E-state index in [0.717, 1.165) is 37.0 Å². The summed E-state index contributed by atoms with van der Waals surface area (Å²) in [7, 11) is 1.82. The van der Waals surface area contributed by atoms with Gasteiger partial charge in [0.15, 0.2) is 0 Å². The van der Waals surface area contributed by atoms with Crippen LogP contribution in [0.25, 0.3) is 0 Å². The van der Waals surface area contributed by atoms with Crippen LogP contribution < -0.4 is 0 Å². The van der Waals surface area contributed by atoms with Crippen molar-refractivity contribution in [3.8, 4) is 0 Å². The predicted octanol–water partition coefficient (Wildman–Crippen LogP) is 4.67. The smallest absolute Gasteiger partial charge is 0.257 e. The van der Waals surface area contributed by atoms with Gasteiger partial charge in [-0.1, -0.05) is 32.4 Å². The number of hydrogen-bond acceptors (Lipinski definition) is 4. The highest BCUT2D eigenvalue weighted by Gasteiger charge is 2.59. The highest BCUT2D eigenvalue weighted by atomic mass is 16.3. The maximum atomic E-state index is 13.4. The summed E-state index contributed by atoms with van der Waals surface area (Å²) in [6.07, 6.45) is 15.7. The second-order valence-corrected chi connectivity index (χ2v) is 14.1. The fourth-order valence-electron chi connectivity index (χ4n) is 10.0. The summed E-state index contributed by atoms with van der Waals surface area (Å²) in [5, 5.41) is 14.4. The van der Waals surface area contributed by atoms with Gasteiger partial charge in [0.2, 0.25) is 5.91 Å². The molecule has 2 amide bonds. The minimum absolute atomic E-state index is 0.00651. The second-order valence-electron chi connectivity index (χ2n) is 14.1. The van der Waals surface area contributed by atoms with Crippen molar-refractivity contribution < 1.29 is 14.7 Å². The summed E-state index contributed by atoms with van der Waals surface area (Å²) < 4.78 is 1.65. The molecule has 0 bridgehead atoms. The van der Waals surface area contributed by atoms with Crippen molar-refractivity contribution in [1.82, 2.24) is 19.6 Å². The molecule has 1 aromatic rings. The summed E-state index contributed by atoms with van der Waals surface area (Å²) in [6.45, 7) is 9.80. The van der Waals surface area contributed by atoms with E-state index in [1.807, 2.05) is 16.8 Å². The molecule has 39 heavy (non-hydrogen) atoms. The quantitative estimate of drug-likeness (QED) is 0.568. The average Bonchev–Trinajstić information content (AvgIpc) is 3.51. The molecular formula is C32H48N4O3. The molecule has 214 valence electrons. The van der Waals surface area contributed by atoms with Gasteiger partial charge >= 0.3 is 0 Å². The van der Waals surface area contributed by atoms with Gasteiger partial charge in [-0.3, -0.25) is 14.3 Å². The van der Waals surface area contributed by atoms with Crippen molar-refractivity contribution >= 4 is 11.8 Å². The average molecular weight is 537 g/mol. The van der Waals surface area contributed by atoms with Crippen LogP contribution >= 0.6 is 0 Å². The molecule has 1 saturated heterocycles. The van der Waals surface area contributed by atoms with Gasteiger partial charge in [0.1, 0.15) is 0 Å². The lowest BCUT2D eigenvalue weighted by Crippen LogP contribution is -2.52. The van der Waals surface area contributed by atoms with Crippen molar-refractivity contribution in [2.45, 2.75) is 84.7 Å². The molecule has 4 fully saturated rings. The Morgan fingerprint density at radius 1 is 1.05 bits per heavy atom. The monoisotopic (exact) mass is 536 g/mol. The van der Waals surface area contributed by atoms with Gasteiger partial charge in [0.25, 0.3) is 5.91 Å². The summed E-state index contributed by atoms with van der Waals surface area (Å²) >= 11 is 0. The van der Waals surface area contributed by atoms with E-state index in [9.17, 15) is 14.7 Å². The number of allylic oxidation sites excluding steroid dienone is 1. The van der Waals surface area contributed by atoms with Gasteiger partial charge < -0.3 is 14.9 Å². The summed E-state index contributed by atoms with van der Waals surface area (Å²) in [5.74, 6) is 3.52. The molecule has 1 aromatic heterocycles. The van der Waals surface area contributed by atoms with E-state index in [1.165, 1.54) is 32.1 Å². The molecule has 4 aliphatic carbocycles. The fourth-order valence-corrected chi connectivity index (χ4v) is 10.0. The fraction of sp³-hybridized carbons (Fsp3) is 0.781. The number of carbonyl (C=O) groups is 2. The molecule has 0 aromatic carbocycles. The Labute approximate surface area is 234 Å². The van der Waals surface area contributed by atoms with Gasteiger partial charge in [-0.05, 0) is 91.8 Å². The largest absolute Gasteiger partial charge is 0.393 e. The Hall–Kier alpha value is -2.15. The number of amides is 2. The van der Waals surface area contributed by atoms with Gasteiger partial charge in [0, 0.05) is 45.8 Å². The van der Waals surface area contributed by atoms with E-state index < -0.39 is 0 Å². The third kappa shape index (κ3) is 4.57. The molecule has 1 N–H and O–H groups in total. The van der Waals surface area contributed by atoms with Crippen molar-refractivity contribution in [2.24, 2.45) is 47.5 Å². The highest BCUT2D eigenvalue weighted by molar-refractivity contribution is 5.94. The lowest BCUT2D eigenvalue weighted by Gasteiger charge is -2.58. The Bertz CT molecular complexity index is 1140. The molecule has 1 unspecified atom stereocenters. The molecule has 1 aliphatic heterocycles. The lowest BCUT2D eigenvalue weighted by molar-refractivity contribution is -0.134. The van der Waals surface area contributed by atoms with Crippen molar-refractivity contribution in [1.29, 1.82) is 0 Å². The molecule has 2 heterocycles. The van der Waals surface area contributed by atoms with E-state index in [-0.39, 0.29) is 23.3 Å². The number of aryl methyl sites for hydroxylation is 1. The third-order valence-electron chi connectivity index (χ3n) is 12.2. The number of rotatable bonds is 4. The number of aliphatic hydroxyl groups excluding tert-OH is 1. The minimum atomic E-state index is -0.145. The Balaban J connectivity index is 1.06. The topological polar surface area (TPSA) is 78.7 Å². The normalized spacial score (nSPS) is 38.9. The van der Waals surface area contributed by atoms with Gasteiger partial charge in [-0.15, -0.1) is 0 Å². The molecule has 0 spiro atoms. The minimum Gasteiger partial charge on any atom is -0.393 e. The molecule has 8 atom stereocenters. The molecule has 6 rings (SSSR count). The van der Waals surface area contributed by atoms with Crippen LogP contribution in [0.15, 0.2) is 24.0 Å². The maximum absolute atomic E-state index is 13.4. The van der Waals surface area contributed by atoms with Crippen molar-refractivity contribution in [2.75, 3.05) is 26.2 Å². The summed E-state index contributed by atoms with van der Waals surface area (Å²) in [6, 6.07) is 0. The molecular weight excluding hydrogens is 488 g/mol. The van der Waals surface area contributed by atoms with E-state index in [4.69, 9.17) is 0 Å². The zero-order valence-electron chi connectivity index (χ0n) is 24.4. The van der Waals surface area contributed by atoms with E-state index >= 15 is 0 Å². The zero-order chi connectivity index (χ0) is 27.5. The van der Waals surface area contributed by atoms with Gasteiger partial charge in [-0.2, -0.15) is 5.10 Å². The molecule has 0 radical (unpaired) electrons. The molecule has 5 aliphatic rings. The first kappa shape index (κ1) is 27.0. The number of aromatic nitrogens is 2. The number of nitrogens with zero attached hydrogens (tertiary/aromatic N) is 4. The first-order valence-electron chi connectivity index (χ1n) is 15.5. The number of aliphatic hydroxyl groups is 1. The Morgan fingerprint density at radius 3 is 2.51 bits per heavy atom. The predicted molar refractivity (Wildman–Crippen MR) is 151 cm³/mol. The summed E-state index contributed by atoms with van der Waals surface area (Å²) in [4.78, 5) is 30.0. The van der Waals surface area contributed by atoms with Crippen LogP contribution in [0, 0.1) is 40.4 Å². The van der Waals surface area contributed by atoms with Crippen LogP contribution in [-0.2, 0) is 11.8 Å². The van der Waals surface area contributed by atoms with E-state index in [0.29, 0.717) is 55.4 Å². The third-order valence-corrected chi connectivity index (χ3v) is 12.2. The van der Waals surface area contributed by atoms with Crippen LogP contribution in [0.2, 0.25) is 0 Å². The Kier molecular flexibility index (Phi) is 6.96. The SMILES string of the molecule is CC(CC(=O)N1CCN(C(=O)c2cnn(C)c2)CC1)[C@H]1CC[C@H]2[C@@H]3CC=C4C[C@@H](O)CC[C@]4(C)[C@H]3CC[C@]12C. The standard InChI is InChI=1S/C32H48N4O3/c1-21(17-29(38)35-13-15-36(16-14-35)30(39)22-19-33-34(4)20-22)26-7-8-27-25-6-5-23-18-24(37)9-11-31(23,2)28(25)10-12-32(26,27)3/h5,19-21,24-28,37H,6-18H2,1-4H3/t21?,24-,25-,26+,27-,28-,31-,32+/m0/s1. The van der Waals surface area contributed by atoms with Gasteiger partial charge in [0.05, 0.1) is 17.9 Å². The first-order valence-corrected chi connectivity index (χ1v) is 15.5. The lowest BCUT2D eigenvalue weighted by atomic mass is 9.47. The van der Waals surface area contributed by atoms with Crippen LogP contribution in [0.5, 0.6) is 0 Å². The maximum Gasteiger partial charge on any atom is 0.257 e. The van der Waals surface area contributed by atoms with Crippen LogP contribution in [-0.4, -0.2) is 68.8 Å². The number of piperazine rings is 1. The second kappa shape index (κ2) is 10.0. The van der Waals surface area contributed by atoms with Gasteiger partial charge in [-0.25, -0.2) is 0 Å². The van der Waals surface area contributed by atoms with Crippen LogP contribution in [0.4, 0.5) is 0 Å². The highest BCUT2D eigenvalue weighted by Crippen LogP contribution is 2.67. The zero-order valence-corrected chi connectivity index (χ0v) is 24.4. The van der Waals surface area contributed by atoms with Crippen molar-refractivity contribution in [3.63, 3.8) is 0 Å². The van der Waals surface area contributed by atoms with Crippen LogP contribution in [0.3, 0.4) is 0 Å².